The third kappa shape index (κ3) is 4.34. The number of carbonyl (C=O) groups excluding carboxylic acids is 2. The highest BCUT2D eigenvalue weighted by Gasteiger charge is 2.46. The predicted octanol–water partition coefficient (Wildman–Crippen LogP) is 4.14. The second kappa shape index (κ2) is 8.76. The van der Waals surface area contributed by atoms with Gasteiger partial charge in [-0.3, -0.25) is 9.59 Å². The van der Waals surface area contributed by atoms with Gasteiger partial charge in [0.25, 0.3) is 0 Å². The van der Waals surface area contributed by atoms with Gasteiger partial charge in [0.2, 0.25) is 11.8 Å². The number of carbonyl (C=O) groups is 2. The van der Waals surface area contributed by atoms with Gasteiger partial charge in [-0.05, 0) is 36.5 Å². The fourth-order valence-electron chi connectivity index (χ4n) is 4.31. The molecule has 2 aromatic rings. The van der Waals surface area contributed by atoms with E-state index in [-0.39, 0.29) is 17.6 Å². The minimum Gasteiger partial charge on any atom is -0.348 e. The van der Waals surface area contributed by atoms with Crippen LogP contribution in [-0.2, 0) is 16.0 Å². The summed E-state index contributed by atoms with van der Waals surface area (Å²) in [4.78, 5) is 29.1. The monoisotopic (exact) mass is 396 g/mol. The van der Waals surface area contributed by atoms with E-state index in [2.05, 4.69) is 0 Å². The molecule has 0 spiro atoms. The highest BCUT2D eigenvalue weighted by Crippen LogP contribution is 2.39. The fourth-order valence-corrected chi connectivity index (χ4v) is 4.31. The maximum absolute atomic E-state index is 14.5. The van der Waals surface area contributed by atoms with Crippen molar-refractivity contribution >= 4 is 11.8 Å². The van der Waals surface area contributed by atoms with Crippen molar-refractivity contribution in [1.82, 2.24) is 9.80 Å². The lowest BCUT2D eigenvalue weighted by Gasteiger charge is -2.32. The van der Waals surface area contributed by atoms with E-state index in [0.717, 1.165) is 17.5 Å². The molecule has 0 radical (unpaired) electrons. The molecule has 1 aliphatic heterocycles. The first-order valence-corrected chi connectivity index (χ1v) is 10.2. The van der Waals surface area contributed by atoms with Crippen LogP contribution in [0.25, 0.3) is 11.1 Å². The van der Waals surface area contributed by atoms with E-state index in [1.165, 1.54) is 6.07 Å². The van der Waals surface area contributed by atoms with Crippen LogP contribution >= 0.6 is 0 Å². The van der Waals surface area contributed by atoms with Crippen molar-refractivity contribution in [2.75, 3.05) is 27.2 Å². The highest BCUT2D eigenvalue weighted by molar-refractivity contribution is 5.86. The average molecular weight is 397 g/mol. The standard InChI is InChI=1S/C24H29FN2O2/c1-4-9-22(28)27-15-14-24(17-27,23(29)26(2)3)16-18-10-5-6-11-19(18)20-12-7-8-13-21(20)25/h5-8,10-13H,4,9,14-17H2,1-3H3. The molecular weight excluding hydrogens is 367 g/mol. The Morgan fingerprint density at radius 3 is 2.38 bits per heavy atom. The molecule has 0 N–H and O–H groups in total. The number of likely N-dealkylation sites (tertiary alicyclic amines) is 1. The molecular formula is C24H29FN2O2. The van der Waals surface area contributed by atoms with Crippen molar-refractivity contribution < 1.29 is 14.0 Å². The van der Waals surface area contributed by atoms with Crippen molar-refractivity contribution in [3.8, 4) is 11.1 Å². The molecule has 0 saturated carbocycles. The Bertz CT molecular complexity index is 896. The van der Waals surface area contributed by atoms with E-state index in [1.807, 2.05) is 42.2 Å². The molecule has 1 saturated heterocycles. The van der Waals surface area contributed by atoms with Crippen molar-refractivity contribution in [3.63, 3.8) is 0 Å². The van der Waals surface area contributed by atoms with Crippen molar-refractivity contribution in [2.24, 2.45) is 5.41 Å². The zero-order valence-corrected chi connectivity index (χ0v) is 17.5. The van der Waals surface area contributed by atoms with Crippen LogP contribution < -0.4 is 0 Å². The van der Waals surface area contributed by atoms with E-state index in [4.69, 9.17) is 0 Å². The molecule has 2 amide bonds. The third-order valence-corrected chi connectivity index (χ3v) is 5.74. The molecule has 1 fully saturated rings. The first-order valence-electron chi connectivity index (χ1n) is 10.2. The lowest BCUT2D eigenvalue weighted by molar-refractivity contribution is -0.139. The van der Waals surface area contributed by atoms with Crippen LogP contribution in [0.5, 0.6) is 0 Å². The smallest absolute Gasteiger partial charge is 0.230 e. The van der Waals surface area contributed by atoms with Crippen molar-refractivity contribution in [2.45, 2.75) is 32.6 Å². The molecule has 154 valence electrons. The molecule has 4 nitrogen and oxygen atoms in total. The van der Waals surface area contributed by atoms with Crippen molar-refractivity contribution in [1.29, 1.82) is 0 Å². The lowest BCUT2D eigenvalue weighted by atomic mass is 9.77. The molecule has 0 bridgehead atoms. The highest BCUT2D eigenvalue weighted by atomic mass is 19.1. The molecule has 1 heterocycles. The molecule has 0 aromatic heterocycles. The summed E-state index contributed by atoms with van der Waals surface area (Å²) >= 11 is 0. The summed E-state index contributed by atoms with van der Waals surface area (Å²) in [5, 5.41) is 0. The second-order valence-electron chi connectivity index (χ2n) is 8.11. The van der Waals surface area contributed by atoms with Crippen LogP contribution in [0.2, 0.25) is 0 Å². The van der Waals surface area contributed by atoms with Gasteiger partial charge in [-0.1, -0.05) is 49.4 Å². The lowest BCUT2D eigenvalue weighted by Crippen LogP contribution is -2.44. The molecule has 29 heavy (non-hydrogen) atoms. The summed E-state index contributed by atoms with van der Waals surface area (Å²) in [5.41, 5.74) is 1.58. The predicted molar refractivity (Wildman–Crippen MR) is 113 cm³/mol. The molecule has 0 aliphatic carbocycles. The molecule has 3 rings (SSSR count). The van der Waals surface area contributed by atoms with Crippen LogP contribution in [-0.4, -0.2) is 48.8 Å². The van der Waals surface area contributed by atoms with Crippen LogP contribution in [0.3, 0.4) is 0 Å². The van der Waals surface area contributed by atoms with Crippen LogP contribution in [0.1, 0.15) is 31.7 Å². The topological polar surface area (TPSA) is 40.6 Å². The quantitative estimate of drug-likeness (QED) is 0.736. The van der Waals surface area contributed by atoms with Gasteiger partial charge in [-0.2, -0.15) is 0 Å². The number of nitrogens with zero attached hydrogens (tertiary/aromatic N) is 2. The summed E-state index contributed by atoms with van der Waals surface area (Å²) in [7, 11) is 3.51. The first kappa shape index (κ1) is 21.0. The number of hydrogen-bond donors (Lipinski definition) is 0. The van der Waals surface area contributed by atoms with E-state index < -0.39 is 5.41 Å². The Balaban J connectivity index is 1.98. The Kier molecular flexibility index (Phi) is 6.36. The van der Waals surface area contributed by atoms with E-state index in [9.17, 15) is 14.0 Å². The fraction of sp³-hybridized carbons (Fsp3) is 0.417. The van der Waals surface area contributed by atoms with Crippen molar-refractivity contribution in [3.05, 3.63) is 59.9 Å². The van der Waals surface area contributed by atoms with E-state index >= 15 is 0 Å². The number of rotatable bonds is 6. The van der Waals surface area contributed by atoms with Gasteiger partial charge in [0.15, 0.2) is 0 Å². The number of amides is 2. The van der Waals surface area contributed by atoms with Gasteiger partial charge >= 0.3 is 0 Å². The zero-order valence-electron chi connectivity index (χ0n) is 17.5. The summed E-state index contributed by atoms with van der Waals surface area (Å²) in [6.45, 7) is 2.98. The largest absolute Gasteiger partial charge is 0.348 e. The summed E-state index contributed by atoms with van der Waals surface area (Å²) in [5.74, 6) is -0.157. The van der Waals surface area contributed by atoms with Gasteiger partial charge in [0.1, 0.15) is 5.82 Å². The normalized spacial score (nSPS) is 18.7. The van der Waals surface area contributed by atoms with Gasteiger partial charge in [-0.15, -0.1) is 0 Å². The van der Waals surface area contributed by atoms with E-state index in [1.54, 1.807) is 31.1 Å². The minimum absolute atomic E-state index is 0.0210. The first-order chi connectivity index (χ1) is 13.9. The Hall–Kier alpha value is -2.69. The van der Waals surface area contributed by atoms with Gasteiger partial charge < -0.3 is 9.80 Å². The maximum Gasteiger partial charge on any atom is 0.230 e. The molecule has 5 heteroatoms. The average Bonchev–Trinajstić information content (AvgIpc) is 3.14. The number of benzene rings is 2. The van der Waals surface area contributed by atoms with Crippen LogP contribution in [0.15, 0.2) is 48.5 Å². The molecule has 1 unspecified atom stereocenters. The van der Waals surface area contributed by atoms with Crippen LogP contribution in [0, 0.1) is 11.2 Å². The molecule has 1 aliphatic rings. The Labute approximate surface area is 172 Å². The van der Waals surface area contributed by atoms with Crippen LogP contribution in [0.4, 0.5) is 4.39 Å². The SMILES string of the molecule is CCCC(=O)N1CCC(Cc2ccccc2-c2ccccc2F)(C(=O)N(C)C)C1. The Morgan fingerprint density at radius 2 is 1.72 bits per heavy atom. The minimum atomic E-state index is -0.686. The summed E-state index contributed by atoms with van der Waals surface area (Å²) < 4.78 is 14.5. The third-order valence-electron chi connectivity index (χ3n) is 5.74. The van der Waals surface area contributed by atoms with Gasteiger partial charge in [0.05, 0.1) is 5.41 Å². The van der Waals surface area contributed by atoms with Gasteiger partial charge in [0, 0.05) is 39.2 Å². The van der Waals surface area contributed by atoms with Gasteiger partial charge in [-0.25, -0.2) is 4.39 Å². The summed E-state index contributed by atoms with van der Waals surface area (Å²) in [6, 6.07) is 14.4. The number of hydrogen-bond acceptors (Lipinski definition) is 2. The number of halogens is 1. The maximum atomic E-state index is 14.5. The Morgan fingerprint density at radius 1 is 1.07 bits per heavy atom. The molecule has 1 atom stereocenters. The second-order valence-corrected chi connectivity index (χ2v) is 8.11. The summed E-state index contributed by atoms with van der Waals surface area (Å²) in [6.07, 6.45) is 2.38. The zero-order chi connectivity index (χ0) is 21.0. The molecule has 2 aromatic carbocycles. The van der Waals surface area contributed by atoms with E-state index in [0.29, 0.717) is 37.9 Å².